The molecule has 1 aliphatic rings. The molecule has 0 saturated carbocycles. The first-order chi connectivity index (χ1) is 16.0. The molecule has 2 N–H and O–H groups in total. The molecule has 0 radical (unpaired) electrons. The quantitative estimate of drug-likeness (QED) is 0.352. The van der Waals surface area contributed by atoms with Crippen molar-refractivity contribution in [3.05, 3.63) is 69.7 Å². The summed E-state index contributed by atoms with van der Waals surface area (Å²) in [6.07, 6.45) is 5.39. The van der Waals surface area contributed by atoms with Gasteiger partial charge in [0.15, 0.2) is 0 Å². The van der Waals surface area contributed by atoms with Gasteiger partial charge >= 0.3 is 0 Å². The number of imidazole rings is 1. The lowest BCUT2D eigenvalue weighted by molar-refractivity contribution is 0.0800. The second kappa shape index (κ2) is 9.09. The van der Waals surface area contributed by atoms with Crippen LogP contribution in [0.15, 0.2) is 53.3 Å². The molecule has 1 atom stereocenters. The molecule has 10 heteroatoms. The van der Waals surface area contributed by atoms with E-state index in [4.69, 9.17) is 21.3 Å². The Labute approximate surface area is 203 Å². The molecular formula is C23H20BrClN6O2. The lowest BCUT2D eigenvalue weighted by atomic mass is 10.1. The monoisotopic (exact) mass is 526 g/mol. The third-order valence-electron chi connectivity index (χ3n) is 5.50. The summed E-state index contributed by atoms with van der Waals surface area (Å²) >= 11 is 10.0. The standard InChI is InChI=1S/C23H20BrClN6O2/c1-33-11-20(22-28-17-5-4-13(24)8-19(17)29-22)30-21-15-9-16(25)14(10-18(15)26-12-27-21)23(32)31-6-2-3-7-31/h2-5,8-10,12,20H,6-7,11H2,1H3,(H,28,29)(H,26,27,30)/t20-/m1/s1. The second-order valence-electron chi connectivity index (χ2n) is 7.69. The number of methoxy groups -OCH3 is 1. The minimum Gasteiger partial charge on any atom is -0.382 e. The first kappa shape index (κ1) is 21.8. The van der Waals surface area contributed by atoms with Gasteiger partial charge in [-0.15, -0.1) is 0 Å². The van der Waals surface area contributed by atoms with Crippen molar-refractivity contribution in [2.45, 2.75) is 6.04 Å². The number of aromatic amines is 1. The Morgan fingerprint density at radius 3 is 2.85 bits per heavy atom. The highest BCUT2D eigenvalue weighted by Crippen LogP contribution is 2.30. The van der Waals surface area contributed by atoms with Gasteiger partial charge in [-0.05, 0) is 30.3 Å². The summed E-state index contributed by atoms with van der Waals surface area (Å²) in [4.78, 5) is 31.4. The van der Waals surface area contributed by atoms with Crippen molar-refractivity contribution in [2.24, 2.45) is 0 Å². The first-order valence-corrected chi connectivity index (χ1v) is 11.5. The Hall–Kier alpha value is -3.01. The Bertz CT molecular complexity index is 1380. The maximum atomic E-state index is 12.9. The number of fused-ring (bicyclic) bond motifs is 2. The Morgan fingerprint density at radius 1 is 1.24 bits per heavy atom. The average molecular weight is 528 g/mol. The summed E-state index contributed by atoms with van der Waals surface area (Å²) in [7, 11) is 1.63. The van der Waals surface area contributed by atoms with Gasteiger partial charge in [0.25, 0.3) is 5.91 Å². The number of aromatic nitrogens is 4. The summed E-state index contributed by atoms with van der Waals surface area (Å²) in [5, 5.41) is 4.46. The van der Waals surface area contributed by atoms with E-state index in [2.05, 4.69) is 36.2 Å². The molecule has 0 fully saturated rings. The van der Waals surface area contributed by atoms with E-state index in [0.29, 0.717) is 47.0 Å². The minimum absolute atomic E-state index is 0.120. The number of carbonyl (C=O) groups excluding carboxylic acids is 1. The molecule has 2 aromatic carbocycles. The first-order valence-electron chi connectivity index (χ1n) is 10.3. The van der Waals surface area contributed by atoms with Gasteiger partial charge in [0.2, 0.25) is 0 Å². The van der Waals surface area contributed by atoms with Crippen LogP contribution in [0.5, 0.6) is 0 Å². The third-order valence-corrected chi connectivity index (χ3v) is 6.30. The highest BCUT2D eigenvalue weighted by Gasteiger charge is 2.22. The second-order valence-corrected chi connectivity index (χ2v) is 9.01. The number of H-pyrrole nitrogens is 1. The van der Waals surface area contributed by atoms with Gasteiger partial charge in [-0.1, -0.05) is 39.7 Å². The molecule has 168 valence electrons. The van der Waals surface area contributed by atoms with Crippen molar-refractivity contribution >= 4 is 61.2 Å². The summed E-state index contributed by atoms with van der Waals surface area (Å²) in [5.74, 6) is 1.18. The van der Waals surface area contributed by atoms with Crippen LogP contribution >= 0.6 is 27.5 Å². The molecule has 3 heterocycles. The topological polar surface area (TPSA) is 96.0 Å². The molecule has 33 heavy (non-hydrogen) atoms. The molecule has 0 aliphatic carbocycles. The molecule has 0 saturated heterocycles. The van der Waals surface area contributed by atoms with Gasteiger partial charge in [-0.2, -0.15) is 0 Å². The fraction of sp³-hybridized carbons (Fsp3) is 0.217. The van der Waals surface area contributed by atoms with Gasteiger partial charge in [-0.25, -0.2) is 15.0 Å². The number of benzene rings is 2. The van der Waals surface area contributed by atoms with E-state index in [1.54, 1.807) is 24.1 Å². The highest BCUT2D eigenvalue weighted by molar-refractivity contribution is 9.10. The predicted octanol–water partition coefficient (Wildman–Crippen LogP) is 4.73. The zero-order chi connectivity index (χ0) is 22.9. The Balaban J connectivity index is 1.49. The van der Waals surface area contributed by atoms with E-state index in [-0.39, 0.29) is 11.9 Å². The van der Waals surface area contributed by atoms with Crippen molar-refractivity contribution in [1.29, 1.82) is 0 Å². The molecule has 1 aliphatic heterocycles. The smallest absolute Gasteiger partial charge is 0.256 e. The van der Waals surface area contributed by atoms with Crippen LogP contribution in [0.1, 0.15) is 22.2 Å². The Kier molecular flexibility index (Phi) is 6.01. The number of nitrogens with one attached hydrogen (secondary N) is 2. The number of rotatable bonds is 6. The molecule has 1 amide bonds. The number of carbonyl (C=O) groups is 1. The van der Waals surface area contributed by atoms with Gasteiger partial charge in [-0.3, -0.25) is 4.79 Å². The van der Waals surface area contributed by atoms with Crippen LogP contribution in [-0.2, 0) is 4.74 Å². The number of ether oxygens (including phenoxy) is 1. The molecule has 0 spiro atoms. The summed E-state index contributed by atoms with van der Waals surface area (Å²) in [6, 6.07) is 9.03. The Morgan fingerprint density at radius 2 is 2.06 bits per heavy atom. The van der Waals surface area contributed by atoms with Gasteiger partial charge in [0, 0.05) is 30.1 Å². The summed E-state index contributed by atoms with van der Waals surface area (Å²) in [6.45, 7) is 1.52. The molecule has 0 bridgehead atoms. The van der Waals surface area contributed by atoms with Gasteiger partial charge in [0.05, 0.1) is 33.7 Å². The number of nitrogens with zero attached hydrogens (tertiary/aromatic N) is 4. The third kappa shape index (κ3) is 4.31. The fourth-order valence-electron chi connectivity index (χ4n) is 3.85. The number of halogens is 2. The van der Waals surface area contributed by atoms with Crippen LogP contribution in [0.3, 0.4) is 0 Å². The zero-order valence-electron chi connectivity index (χ0n) is 17.7. The number of hydrogen-bond acceptors (Lipinski definition) is 6. The van der Waals surface area contributed by atoms with E-state index < -0.39 is 0 Å². The molecular weight excluding hydrogens is 508 g/mol. The van der Waals surface area contributed by atoms with E-state index in [9.17, 15) is 4.79 Å². The van der Waals surface area contributed by atoms with Crippen LogP contribution < -0.4 is 5.32 Å². The van der Waals surface area contributed by atoms with Crippen LogP contribution in [0.4, 0.5) is 5.82 Å². The molecule has 2 aromatic heterocycles. The molecule has 4 aromatic rings. The lowest BCUT2D eigenvalue weighted by Crippen LogP contribution is -2.28. The zero-order valence-corrected chi connectivity index (χ0v) is 20.0. The van der Waals surface area contributed by atoms with Crippen LogP contribution in [0.25, 0.3) is 21.9 Å². The predicted molar refractivity (Wildman–Crippen MR) is 132 cm³/mol. The van der Waals surface area contributed by atoms with Gasteiger partial charge in [0.1, 0.15) is 24.0 Å². The van der Waals surface area contributed by atoms with E-state index >= 15 is 0 Å². The summed E-state index contributed by atoms with van der Waals surface area (Å²) < 4.78 is 6.39. The maximum Gasteiger partial charge on any atom is 0.256 e. The molecule has 0 unspecified atom stereocenters. The minimum atomic E-state index is -0.296. The van der Waals surface area contributed by atoms with Crippen molar-refractivity contribution in [1.82, 2.24) is 24.8 Å². The number of anilines is 1. The van der Waals surface area contributed by atoms with Crippen molar-refractivity contribution in [2.75, 3.05) is 32.1 Å². The molecule has 8 nitrogen and oxygen atoms in total. The van der Waals surface area contributed by atoms with Crippen molar-refractivity contribution in [3.63, 3.8) is 0 Å². The number of amides is 1. The SMILES string of the molecule is COC[C@@H](Nc1ncnc2cc(C(=O)N3CC=CC3)c(Cl)cc12)c1nc2cc(Br)ccc2[nH]1. The van der Waals surface area contributed by atoms with Crippen LogP contribution in [-0.4, -0.2) is 57.5 Å². The summed E-state index contributed by atoms with van der Waals surface area (Å²) in [5.41, 5.74) is 2.81. The highest BCUT2D eigenvalue weighted by atomic mass is 79.9. The van der Waals surface area contributed by atoms with Gasteiger partial charge < -0.3 is 19.9 Å². The van der Waals surface area contributed by atoms with Crippen LogP contribution in [0, 0.1) is 0 Å². The van der Waals surface area contributed by atoms with E-state index in [0.717, 1.165) is 21.3 Å². The fourth-order valence-corrected chi connectivity index (χ4v) is 4.45. The normalized spacial score (nSPS) is 14.3. The van der Waals surface area contributed by atoms with E-state index in [1.165, 1.54) is 6.33 Å². The maximum absolute atomic E-state index is 12.9. The number of hydrogen-bond donors (Lipinski definition) is 2. The average Bonchev–Trinajstić information content (AvgIpc) is 3.48. The van der Waals surface area contributed by atoms with E-state index in [1.807, 2.05) is 30.4 Å². The van der Waals surface area contributed by atoms with Crippen molar-refractivity contribution < 1.29 is 9.53 Å². The van der Waals surface area contributed by atoms with Crippen molar-refractivity contribution in [3.8, 4) is 0 Å². The largest absolute Gasteiger partial charge is 0.382 e. The lowest BCUT2D eigenvalue weighted by Gasteiger charge is -2.19. The van der Waals surface area contributed by atoms with Crippen LogP contribution in [0.2, 0.25) is 5.02 Å². The molecule has 5 rings (SSSR count).